The van der Waals surface area contributed by atoms with E-state index in [1.54, 1.807) is 0 Å². The Morgan fingerprint density at radius 3 is 2.82 bits per heavy atom. The van der Waals surface area contributed by atoms with Crippen molar-refractivity contribution in [2.45, 2.75) is 51.8 Å². The van der Waals surface area contributed by atoms with Gasteiger partial charge in [0.25, 0.3) is 0 Å². The maximum atomic E-state index is 12.6. The first-order valence-electron chi connectivity index (χ1n) is 6.79. The fourth-order valence-electron chi connectivity index (χ4n) is 2.86. The lowest BCUT2D eigenvalue weighted by atomic mass is 9.98. The third kappa shape index (κ3) is 2.63. The highest BCUT2D eigenvalue weighted by atomic mass is 16.5. The maximum Gasteiger partial charge on any atom is 0.227 e. The van der Waals surface area contributed by atoms with E-state index in [4.69, 9.17) is 4.74 Å². The van der Waals surface area contributed by atoms with Crippen molar-refractivity contribution in [3.63, 3.8) is 0 Å². The molecular weight excluding hydrogens is 216 g/mol. The zero-order valence-electron chi connectivity index (χ0n) is 11.1. The van der Waals surface area contributed by atoms with Crippen molar-refractivity contribution >= 4 is 5.91 Å². The normalized spacial score (nSPS) is 38.4. The second kappa shape index (κ2) is 5.36. The van der Waals surface area contributed by atoms with Gasteiger partial charge in [0.15, 0.2) is 0 Å². The van der Waals surface area contributed by atoms with Gasteiger partial charge in [-0.25, -0.2) is 0 Å². The summed E-state index contributed by atoms with van der Waals surface area (Å²) in [6, 6.07) is 0.588. The van der Waals surface area contributed by atoms with E-state index >= 15 is 0 Å². The van der Waals surface area contributed by atoms with Crippen LogP contribution in [0.1, 0.15) is 33.6 Å². The highest BCUT2D eigenvalue weighted by molar-refractivity contribution is 5.80. The van der Waals surface area contributed by atoms with Crippen LogP contribution in [0, 0.1) is 5.92 Å². The van der Waals surface area contributed by atoms with Crippen LogP contribution in [-0.2, 0) is 9.53 Å². The Balaban J connectivity index is 2.05. The molecule has 4 heteroatoms. The molecule has 0 aromatic rings. The number of amides is 1. The molecule has 0 aliphatic carbocycles. The quantitative estimate of drug-likeness (QED) is 0.783. The topological polar surface area (TPSA) is 41.6 Å². The third-order valence-electron chi connectivity index (χ3n) is 4.06. The molecule has 4 atom stereocenters. The Morgan fingerprint density at radius 2 is 2.24 bits per heavy atom. The summed E-state index contributed by atoms with van der Waals surface area (Å²) in [5, 5.41) is 3.35. The average molecular weight is 240 g/mol. The molecule has 0 radical (unpaired) electrons. The van der Waals surface area contributed by atoms with Gasteiger partial charge in [0.05, 0.1) is 24.7 Å². The lowest BCUT2D eigenvalue weighted by Crippen LogP contribution is -2.54. The van der Waals surface area contributed by atoms with Crippen molar-refractivity contribution in [3.8, 4) is 0 Å². The summed E-state index contributed by atoms with van der Waals surface area (Å²) in [5.74, 6) is 0.485. The highest BCUT2D eigenvalue weighted by Crippen LogP contribution is 2.23. The van der Waals surface area contributed by atoms with Gasteiger partial charge in [-0.15, -0.1) is 0 Å². The number of hydrogen-bond donors (Lipinski definition) is 1. The summed E-state index contributed by atoms with van der Waals surface area (Å²) in [6.45, 7) is 8.69. The summed E-state index contributed by atoms with van der Waals surface area (Å²) in [7, 11) is 0. The van der Waals surface area contributed by atoms with Crippen LogP contribution in [0.3, 0.4) is 0 Å². The number of nitrogens with zero attached hydrogens (tertiary/aromatic N) is 1. The van der Waals surface area contributed by atoms with Crippen molar-refractivity contribution < 1.29 is 9.53 Å². The second-order valence-electron chi connectivity index (χ2n) is 5.33. The molecule has 2 aliphatic rings. The van der Waals surface area contributed by atoms with Gasteiger partial charge in [0, 0.05) is 12.6 Å². The molecule has 2 saturated heterocycles. The fourth-order valence-corrected chi connectivity index (χ4v) is 2.86. The van der Waals surface area contributed by atoms with Crippen molar-refractivity contribution in [2.24, 2.45) is 5.92 Å². The molecule has 4 unspecified atom stereocenters. The number of carbonyl (C=O) groups is 1. The first kappa shape index (κ1) is 12.8. The van der Waals surface area contributed by atoms with Gasteiger partial charge in [-0.1, -0.05) is 6.92 Å². The zero-order chi connectivity index (χ0) is 12.4. The number of ether oxygens (including phenoxy) is 1. The minimum atomic E-state index is 0.161. The van der Waals surface area contributed by atoms with E-state index in [0.29, 0.717) is 18.6 Å². The van der Waals surface area contributed by atoms with Crippen molar-refractivity contribution in [1.82, 2.24) is 10.2 Å². The summed E-state index contributed by atoms with van der Waals surface area (Å²) in [4.78, 5) is 14.6. The predicted octanol–water partition coefficient (Wildman–Crippen LogP) is 1.01. The van der Waals surface area contributed by atoms with E-state index < -0.39 is 0 Å². The van der Waals surface area contributed by atoms with Crippen LogP contribution in [0.5, 0.6) is 0 Å². The minimum absolute atomic E-state index is 0.161. The molecule has 2 aliphatic heterocycles. The maximum absolute atomic E-state index is 12.6. The Labute approximate surface area is 104 Å². The van der Waals surface area contributed by atoms with Crippen LogP contribution in [0.4, 0.5) is 0 Å². The summed E-state index contributed by atoms with van der Waals surface area (Å²) >= 11 is 0. The number of rotatable bonds is 2. The van der Waals surface area contributed by atoms with E-state index in [1.807, 2.05) is 6.92 Å². The Morgan fingerprint density at radius 1 is 1.47 bits per heavy atom. The number of carbonyl (C=O) groups excluding carboxylic acids is 1. The second-order valence-corrected chi connectivity index (χ2v) is 5.33. The lowest BCUT2D eigenvalue weighted by molar-refractivity contribution is -0.148. The van der Waals surface area contributed by atoms with E-state index in [-0.39, 0.29) is 18.1 Å². The van der Waals surface area contributed by atoms with Gasteiger partial charge in [0.1, 0.15) is 0 Å². The third-order valence-corrected chi connectivity index (χ3v) is 4.06. The van der Waals surface area contributed by atoms with Crippen LogP contribution in [-0.4, -0.2) is 48.7 Å². The van der Waals surface area contributed by atoms with E-state index in [1.165, 1.54) is 0 Å². The Kier molecular flexibility index (Phi) is 4.05. The summed E-state index contributed by atoms with van der Waals surface area (Å²) < 4.78 is 5.64. The summed E-state index contributed by atoms with van der Waals surface area (Å²) in [5.41, 5.74) is 0. The minimum Gasteiger partial charge on any atom is -0.375 e. The zero-order valence-corrected chi connectivity index (χ0v) is 11.1. The van der Waals surface area contributed by atoms with Gasteiger partial charge in [-0.05, 0) is 33.2 Å². The molecule has 0 aromatic carbocycles. The lowest BCUT2D eigenvalue weighted by Gasteiger charge is -2.40. The van der Waals surface area contributed by atoms with Gasteiger partial charge >= 0.3 is 0 Å². The fraction of sp³-hybridized carbons (Fsp3) is 0.923. The van der Waals surface area contributed by atoms with Crippen LogP contribution in [0.2, 0.25) is 0 Å². The first-order chi connectivity index (χ1) is 8.13. The van der Waals surface area contributed by atoms with Gasteiger partial charge in [0.2, 0.25) is 5.91 Å². The Hall–Kier alpha value is -0.610. The molecule has 2 heterocycles. The molecule has 1 amide bonds. The van der Waals surface area contributed by atoms with Gasteiger partial charge < -0.3 is 15.0 Å². The predicted molar refractivity (Wildman–Crippen MR) is 66.8 cm³/mol. The smallest absolute Gasteiger partial charge is 0.227 e. The Bertz CT molecular complexity index is 283. The molecular formula is C13H24N2O2. The molecule has 0 saturated carbocycles. The monoisotopic (exact) mass is 240 g/mol. The number of hydrogen-bond acceptors (Lipinski definition) is 3. The molecule has 17 heavy (non-hydrogen) atoms. The highest BCUT2D eigenvalue weighted by Gasteiger charge is 2.37. The number of nitrogens with one attached hydrogen (secondary N) is 1. The van der Waals surface area contributed by atoms with Crippen molar-refractivity contribution in [1.29, 1.82) is 0 Å². The molecule has 1 N–H and O–H groups in total. The molecule has 0 aromatic heterocycles. The van der Waals surface area contributed by atoms with Crippen LogP contribution in [0.15, 0.2) is 0 Å². The molecule has 98 valence electrons. The van der Waals surface area contributed by atoms with Crippen LogP contribution >= 0.6 is 0 Å². The van der Waals surface area contributed by atoms with Crippen LogP contribution in [0.25, 0.3) is 0 Å². The largest absolute Gasteiger partial charge is 0.375 e. The van der Waals surface area contributed by atoms with E-state index in [2.05, 4.69) is 24.1 Å². The van der Waals surface area contributed by atoms with Gasteiger partial charge in [-0.3, -0.25) is 4.79 Å². The van der Waals surface area contributed by atoms with Gasteiger partial charge in [-0.2, -0.15) is 0 Å². The van der Waals surface area contributed by atoms with E-state index in [9.17, 15) is 4.79 Å². The molecule has 4 nitrogen and oxygen atoms in total. The van der Waals surface area contributed by atoms with Crippen molar-refractivity contribution in [3.05, 3.63) is 0 Å². The molecule has 0 spiro atoms. The average Bonchev–Trinajstić information content (AvgIpc) is 2.74. The summed E-state index contributed by atoms with van der Waals surface area (Å²) in [6.07, 6.45) is 2.13. The number of morpholine rings is 1. The van der Waals surface area contributed by atoms with Crippen LogP contribution < -0.4 is 5.32 Å². The standard InChI is InChI=1S/C13H24N2O2/c1-4-11-8-17-9(2)7-15(11)13(16)12-5-6-14-10(12)3/h9-12,14H,4-8H2,1-3H3. The van der Waals surface area contributed by atoms with E-state index in [0.717, 1.165) is 25.9 Å². The molecule has 0 bridgehead atoms. The molecule has 2 rings (SSSR count). The first-order valence-corrected chi connectivity index (χ1v) is 6.79. The van der Waals surface area contributed by atoms with Crippen molar-refractivity contribution in [2.75, 3.05) is 19.7 Å². The SMILES string of the molecule is CCC1COC(C)CN1C(=O)C1CCNC1C. The molecule has 2 fully saturated rings.